The first kappa shape index (κ1) is 11.3. The van der Waals surface area contributed by atoms with E-state index in [2.05, 4.69) is 27.4 Å². The number of fused-ring (bicyclic) bond motifs is 1. The predicted molar refractivity (Wildman–Crippen MR) is 72.7 cm³/mol. The highest BCUT2D eigenvalue weighted by Crippen LogP contribution is 2.28. The summed E-state index contributed by atoms with van der Waals surface area (Å²) in [5.74, 6) is 0.678. The van der Waals surface area contributed by atoms with E-state index in [0.29, 0.717) is 12.5 Å². The maximum absolute atomic E-state index is 5.41. The first-order valence-corrected chi connectivity index (χ1v) is 6.39. The Hall–Kier alpha value is -1.81. The number of nitrogens with one attached hydrogen (secondary N) is 2. The van der Waals surface area contributed by atoms with Crippen LogP contribution in [0, 0.1) is 0 Å². The summed E-state index contributed by atoms with van der Waals surface area (Å²) < 4.78 is 5.41. The Balaban J connectivity index is 2.01. The van der Waals surface area contributed by atoms with Gasteiger partial charge in [0.05, 0.1) is 6.61 Å². The van der Waals surface area contributed by atoms with Gasteiger partial charge in [-0.3, -0.25) is 0 Å². The molecular weight excluding hydrogens is 226 g/mol. The molecule has 4 nitrogen and oxygen atoms in total. The van der Waals surface area contributed by atoms with Gasteiger partial charge in [0.15, 0.2) is 0 Å². The Kier molecular flexibility index (Phi) is 3.02. The van der Waals surface area contributed by atoms with Crippen LogP contribution in [-0.4, -0.2) is 29.7 Å². The Labute approximate surface area is 106 Å². The molecule has 1 aliphatic rings. The van der Waals surface area contributed by atoms with Crippen molar-refractivity contribution in [1.29, 1.82) is 0 Å². The summed E-state index contributed by atoms with van der Waals surface area (Å²) in [7, 11) is 0. The van der Waals surface area contributed by atoms with Crippen LogP contribution in [0.3, 0.4) is 0 Å². The molecule has 4 heteroatoms. The van der Waals surface area contributed by atoms with Crippen molar-refractivity contribution < 1.29 is 4.74 Å². The minimum Gasteiger partial charge on any atom is -0.478 e. The van der Waals surface area contributed by atoms with Crippen LogP contribution >= 0.6 is 0 Å². The monoisotopic (exact) mass is 243 g/mol. The number of pyridine rings is 1. The molecule has 0 spiro atoms. The number of aromatic nitrogens is 2. The van der Waals surface area contributed by atoms with Crippen LogP contribution in [0.25, 0.3) is 16.6 Å². The molecular formula is C14H17N3O. The molecule has 0 radical (unpaired) electrons. The Morgan fingerprint density at radius 3 is 3.11 bits per heavy atom. The average Bonchev–Trinajstić information content (AvgIpc) is 2.83. The lowest BCUT2D eigenvalue weighted by Gasteiger charge is -2.13. The highest BCUT2D eigenvalue weighted by Gasteiger charge is 2.12. The molecule has 0 unspecified atom stereocenters. The molecule has 0 saturated carbocycles. The fourth-order valence-corrected chi connectivity index (χ4v) is 2.35. The molecule has 3 rings (SSSR count). The van der Waals surface area contributed by atoms with Gasteiger partial charge in [0.1, 0.15) is 5.65 Å². The lowest BCUT2D eigenvalue weighted by molar-refractivity contribution is 0.328. The lowest BCUT2D eigenvalue weighted by Crippen LogP contribution is -2.19. The summed E-state index contributed by atoms with van der Waals surface area (Å²) in [6, 6.07) is 4.02. The summed E-state index contributed by atoms with van der Waals surface area (Å²) in [4.78, 5) is 7.69. The molecule has 0 bridgehead atoms. The van der Waals surface area contributed by atoms with Crippen LogP contribution in [0.1, 0.15) is 18.9 Å². The van der Waals surface area contributed by atoms with Gasteiger partial charge < -0.3 is 15.0 Å². The van der Waals surface area contributed by atoms with Crippen molar-refractivity contribution in [3.63, 3.8) is 0 Å². The van der Waals surface area contributed by atoms with Crippen molar-refractivity contribution in [2.45, 2.75) is 13.3 Å². The van der Waals surface area contributed by atoms with E-state index in [4.69, 9.17) is 4.74 Å². The topological polar surface area (TPSA) is 49.9 Å². The molecule has 2 N–H and O–H groups in total. The first-order valence-electron chi connectivity index (χ1n) is 6.39. The molecule has 1 aliphatic heterocycles. The number of H-pyrrole nitrogens is 1. The number of ether oxygens (including phenoxy) is 1. The van der Waals surface area contributed by atoms with E-state index in [-0.39, 0.29) is 0 Å². The minimum atomic E-state index is 0.642. The molecule has 0 amide bonds. The fourth-order valence-electron chi connectivity index (χ4n) is 2.35. The highest BCUT2D eigenvalue weighted by molar-refractivity contribution is 5.91. The minimum absolute atomic E-state index is 0.642. The van der Waals surface area contributed by atoms with Gasteiger partial charge in [-0.05, 0) is 31.5 Å². The van der Waals surface area contributed by atoms with Gasteiger partial charge >= 0.3 is 0 Å². The van der Waals surface area contributed by atoms with Crippen LogP contribution in [0.2, 0.25) is 0 Å². The van der Waals surface area contributed by atoms with Crippen LogP contribution in [0.4, 0.5) is 0 Å². The highest BCUT2D eigenvalue weighted by atomic mass is 16.5. The zero-order valence-electron chi connectivity index (χ0n) is 10.5. The van der Waals surface area contributed by atoms with Crippen molar-refractivity contribution in [1.82, 2.24) is 15.3 Å². The summed E-state index contributed by atoms with van der Waals surface area (Å²) in [6.45, 7) is 4.60. The maximum atomic E-state index is 5.41. The van der Waals surface area contributed by atoms with Crippen LogP contribution in [0.5, 0.6) is 5.88 Å². The van der Waals surface area contributed by atoms with E-state index < -0.39 is 0 Å². The molecule has 0 saturated heterocycles. The van der Waals surface area contributed by atoms with Crippen molar-refractivity contribution >= 4 is 16.6 Å². The second-order valence-corrected chi connectivity index (χ2v) is 4.36. The van der Waals surface area contributed by atoms with Gasteiger partial charge in [-0.15, -0.1) is 0 Å². The first-order chi connectivity index (χ1) is 8.88. The summed E-state index contributed by atoms with van der Waals surface area (Å²) in [6.07, 6.45) is 5.37. The fraction of sp³-hybridized carbons (Fsp3) is 0.357. The average molecular weight is 243 g/mol. The van der Waals surface area contributed by atoms with E-state index in [0.717, 1.165) is 25.2 Å². The molecule has 94 valence electrons. The van der Waals surface area contributed by atoms with Gasteiger partial charge in [-0.2, -0.15) is 4.98 Å². The van der Waals surface area contributed by atoms with Crippen LogP contribution < -0.4 is 10.1 Å². The van der Waals surface area contributed by atoms with Crippen molar-refractivity contribution in [3.05, 3.63) is 30.0 Å². The number of rotatable bonds is 3. The van der Waals surface area contributed by atoms with E-state index >= 15 is 0 Å². The Morgan fingerprint density at radius 1 is 1.39 bits per heavy atom. The second-order valence-electron chi connectivity index (χ2n) is 4.36. The van der Waals surface area contributed by atoms with E-state index in [1.807, 2.05) is 19.2 Å². The number of nitrogens with zero attached hydrogens (tertiary/aromatic N) is 1. The third-order valence-corrected chi connectivity index (χ3v) is 3.22. The van der Waals surface area contributed by atoms with Crippen LogP contribution in [0.15, 0.2) is 24.4 Å². The second kappa shape index (κ2) is 4.82. The van der Waals surface area contributed by atoms with Gasteiger partial charge in [0, 0.05) is 29.8 Å². The van der Waals surface area contributed by atoms with Gasteiger partial charge in [-0.1, -0.05) is 6.08 Å². The molecule has 0 fully saturated rings. The smallest absolute Gasteiger partial charge is 0.215 e. The molecule has 0 atom stereocenters. The largest absolute Gasteiger partial charge is 0.478 e. The molecule has 0 aliphatic carbocycles. The standard InChI is InChI=1S/C14H17N3O/c1-2-18-13-4-3-11-12(9-16-14(11)17-13)10-5-7-15-8-6-10/h3-5,9,15H,2,6-8H2,1H3,(H,16,17). The quantitative estimate of drug-likeness (QED) is 0.870. The predicted octanol–water partition coefficient (Wildman–Crippen LogP) is 2.34. The Bertz CT molecular complexity index is 586. The number of hydrogen-bond donors (Lipinski definition) is 2. The van der Waals surface area contributed by atoms with Gasteiger partial charge in [0.2, 0.25) is 5.88 Å². The van der Waals surface area contributed by atoms with Crippen molar-refractivity contribution in [2.24, 2.45) is 0 Å². The van der Waals surface area contributed by atoms with Crippen molar-refractivity contribution in [2.75, 3.05) is 19.7 Å². The maximum Gasteiger partial charge on any atom is 0.215 e. The summed E-state index contributed by atoms with van der Waals surface area (Å²) >= 11 is 0. The SMILES string of the molecule is CCOc1ccc2c(C3=CCNCC3)c[nH]c2n1. The molecule has 3 heterocycles. The summed E-state index contributed by atoms with van der Waals surface area (Å²) in [5.41, 5.74) is 3.56. The van der Waals surface area contributed by atoms with Gasteiger partial charge in [-0.25, -0.2) is 0 Å². The third kappa shape index (κ3) is 1.99. The number of aromatic amines is 1. The van der Waals surface area contributed by atoms with E-state index in [1.54, 1.807) is 0 Å². The molecule has 18 heavy (non-hydrogen) atoms. The van der Waals surface area contributed by atoms with Gasteiger partial charge in [0.25, 0.3) is 0 Å². The van der Waals surface area contributed by atoms with E-state index in [1.165, 1.54) is 16.5 Å². The Morgan fingerprint density at radius 2 is 2.33 bits per heavy atom. The molecule has 0 aromatic carbocycles. The van der Waals surface area contributed by atoms with E-state index in [9.17, 15) is 0 Å². The number of hydrogen-bond acceptors (Lipinski definition) is 3. The third-order valence-electron chi connectivity index (χ3n) is 3.22. The normalized spacial score (nSPS) is 15.7. The van der Waals surface area contributed by atoms with Crippen molar-refractivity contribution in [3.8, 4) is 5.88 Å². The zero-order chi connectivity index (χ0) is 12.4. The summed E-state index contributed by atoms with van der Waals surface area (Å²) in [5, 5.41) is 4.50. The zero-order valence-corrected chi connectivity index (χ0v) is 10.5. The molecule has 2 aromatic heterocycles. The lowest BCUT2D eigenvalue weighted by atomic mass is 10.0. The van der Waals surface area contributed by atoms with Crippen LogP contribution in [-0.2, 0) is 0 Å². The molecule has 2 aromatic rings.